The SMILES string of the molecule is Cc1oc(-c2ccc(F)cc2)nc1C(C)C(=O)Oc1ccc(CC2SC(=O)NC2=O)cc1. The van der Waals surface area contributed by atoms with Gasteiger partial charge in [0.15, 0.2) is 0 Å². The molecule has 2 unspecified atom stereocenters. The summed E-state index contributed by atoms with van der Waals surface area (Å²) in [5.74, 6) is -0.718. The predicted molar refractivity (Wildman–Crippen MR) is 116 cm³/mol. The molecule has 1 aliphatic rings. The molecule has 0 aliphatic carbocycles. The molecule has 1 N–H and O–H groups in total. The Bertz CT molecular complexity index is 1170. The van der Waals surface area contributed by atoms with Gasteiger partial charge in [0.1, 0.15) is 23.2 Å². The molecule has 3 aromatic rings. The molecule has 1 aromatic heterocycles. The van der Waals surface area contributed by atoms with Crippen molar-refractivity contribution in [1.29, 1.82) is 0 Å². The Kier molecular flexibility index (Phi) is 6.09. The van der Waals surface area contributed by atoms with Crippen molar-refractivity contribution < 1.29 is 27.9 Å². The van der Waals surface area contributed by atoms with Gasteiger partial charge in [-0.1, -0.05) is 23.9 Å². The standard InChI is InChI=1S/C23H19FN2O5S/c1-12(19-13(2)30-21(25-19)15-5-7-16(24)8-6-15)22(28)31-17-9-3-14(4-10-17)11-18-20(27)26-23(29)32-18/h3-10,12,18H,11H2,1-2H3,(H,26,27,29). The van der Waals surface area contributed by atoms with Crippen LogP contribution in [0.15, 0.2) is 52.9 Å². The van der Waals surface area contributed by atoms with E-state index in [1.807, 2.05) is 0 Å². The number of oxazole rings is 1. The van der Waals surface area contributed by atoms with E-state index in [1.54, 1.807) is 50.2 Å². The van der Waals surface area contributed by atoms with Crippen LogP contribution in [0.4, 0.5) is 9.18 Å². The Morgan fingerprint density at radius 1 is 1.19 bits per heavy atom. The largest absolute Gasteiger partial charge is 0.441 e. The molecule has 2 amide bonds. The number of hydrogen-bond acceptors (Lipinski definition) is 7. The number of carbonyl (C=O) groups is 3. The molecule has 4 rings (SSSR count). The monoisotopic (exact) mass is 454 g/mol. The summed E-state index contributed by atoms with van der Waals surface area (Å²) in [6, 6.07) is 12.5. The molecule has 0 saturated carbocycles. The molecule has 1 saturated heterocycles. The molecule has 2 heterocycles. The Hall–Kier alpha value is -3.46. The number of halogens is 1. The van der Waals surface area contributed by atoms with Crippen LogP contribution in [0.5, 0.6) is 5.75 Å². The van der Waals surface area contributed by atoms with Crippen molar-refractivity contribution in [2.75, 3.05) is 0 Å². The van der Waals surface area contributed by atoms with Gasteiger partial charge in [0.05, 0.1) is 10.9 Å². The van der Waals surface area contributed by atoms with Gasteiger partial charge in [0.25, 0.3) is 5.24 Å². The van der Waals surface area contributed by atoms with Gasteiger partial charge in [-0.25, -0.2) is 9.37 Å². The zero-order valence-corrected chi connectivity index (χ0v) is 18.1. The van der Waals surface area contributed by atoms with Crippen molar-refractivity contribution in [2.45, 2.75) is 31.4 Å². The molecular weight excluding hydrogens is 435 g/mol. The van der Waals surface area contributed by atoms with Gasteiger partial charge in [0.2, 0.25) is 11.8 Å². The van der Waals surface area contributed by atoms with E-state index in [4.69, 9.17) is 9.15 Å². The first-order valence-electron chi connectivity index (χ1n) is 9.85. The van der Waals surface area contributed by atoms with Crippen LogP contribution in [0.25, 0.3) is 11.5 Å². The minimum Gasteiger partial charge on any atom is -0.441 e. The summed E-state index contributed by atoms with van der Waals surface area (Å²) in [7, 11) is 0. The van der Waals surface area contributed by atoms with Crippen LogP contribution in [0.2, 0.25) is 0 Å². The summed E-state index contributed by atoms with van der Waals surface area (Å²) < 4.78 is 24.3. The van der Waals surface area contributed by atoms with Gasteiger partial charge in [-0.3, -0.25) is 19.7 Å². The van der Waals surface area contributed by atoms with E-state index in [-0.39, 0.29) is 17.0 Å². The third-order valence-corrected chi connectivity index (χ3v) is 6.00. The first kappa shape index (κ1) is 21.8. The van der Waals surface area contributed by atoms with Crippen LogP contribution in [0.3, 0.4) is 0 Å². The topological polar surface area (TPSA) is 98.5 Å². The highest BCUT2D eigenvalue weighted by atomic mass is 32.2. The maximum atomic E-state index is 13.1. The quantitative estimate of drug-likeness (QED) is 0.436. The second-order valence-corrected chi connectivity index (χ2v) is 8.52. The van der Waals surface area contributed by atoms with Crippen LogP contribution in [0, 0.1) is 12.7 Å². The molecule has 7 nitrogen and oxygen atoms in total. The van der Waals surface area contributed by atoms with E-state index in [9.17, 15) is 18.8 Å². The van der Waals surface area contributed by atoms with Crippen LogP contribution >= 0.6 is 11.8 Å². The highest BCUT2D eigenvalue weighted by Crippen LogP contribution is 2.28. The smallest absolute Gasteiger partial charge is 0.320 e. The first-order valence-corrected chi connectivity index (χ1v) is 10.7. The van der Waals surface area contributed by atoms with Crippen LogP contribution in [-0.4, -0.2) is 27.3 Å². The number of aryl methyl sites for hydroxylation is 1. The maximum Gasteiger partial charge on any atom is 0.320 e. The van der Waals surface area contributed by atoms with Gasteiger partial charge in [-0.05, 0) is 62.2 Å². The molecule has 2 aromatic carbocycles. The average molecular weight is 454 g/mol. The number of nitrogens with zero attached hydrogens (tertiary/aromatic N) is 1. The van der Waals surface area contributed by atoms with E-state index in [0.29, 0.717) is 35.1 Å². The first-order chi connectivity index (χ1) is 15.3. The second-order valence-electron chi connectivity index (χ2n) is 7.34. The summed E-state index contributed by atoms with van der Waals surface area (Å²) in [5, 5.41) is 1.46. The fraction of sp³-hybridized carbons (Fsp3) is 0.217. The number of benzene rings is 2. The van der Waals surface area contributed by atoms with E-state index in [0.717, 1.165) is 17.3 Å². The molecular formula is C23H19FN2O5S. The van der Waals surface area contributed by atoms with Gasteiger partial charge < -0.3 is 9.15 Å². The van der Waals surface area contributed by atoms with Gasteiger partial charge >= 0.3 is 5.97 Å². The number of thioether (sulfide) groups is 1. The number of hydrogen-bond donors (Lipinski definition) is 1. The van der Waals surface area contributed by atoms with Gasteiger partial charge in [-0.2, -0.15) is 0 Å². The van der Waals surface area contributed by atoms with Crippen molar-refractivity contribution in [3.63, 3.8) is 0 Å². The van der Waals surface area contributed by atoms with E-state index < -0.39 is 17.1 Å². The average Bonchev–Trinajstić information content (AvgIpc) is 3.30. The Morgan fingerprint density at radius 2 is 1.88 bits per heavy atom. The molecule has 0 spiro atoms. The fourth-order valence-electron chi connectivity index (χ4n) is 3.28. The number of rotatable bonds is 6. The van der Waals surface area contributed by atoms with Crippen molar-refractivity contribution in [3.8, 4) is 17.2 Å². The van der Waals surface area contributed by atoms with Crippen molar-refractivity contribution in [2.24, 2.45) is 0 Å². The van der Waals surface area contributed by atoms with Crippen LogP contribution in [-0.2, 0) is 16.0 Å². The predicted octanol–water partition coefficient (Wildman–Crippen LogP) is 4.39. The minimum absolute atomic E-state index is 0.299. The molecule has 0 bridgehead atoms. The molecule has 1 aliphatic heterocycles. The lowest BCUT2D eigenvalue weighted by Crippen LogP contribution is -2.25. The molecule has 0 radical (unpaired) electrons. The van der Waals surface area contributed by atoms with Crippen molar-refractivity contribution in [1.82, 2.24) is 10.3 Å². The zero-order chi connectivity index (χ0) is 22.8. The highest BCUT2D eigenvalue weighted by Gasteiger charge is 2.31. The Labute approximate surface area is 187 Å². The van der Waals surface area contributed by atoms with E-state index >= 15 is 0 Å². The zero-order valence-electron chi connectivity index (χ0n) is 17.3. The highest BCUT2D eigenvalue weighted by molar-refractivity contribution is 8.15. The lowest BCUT2D eigenvalue weighted by molar-refractivity contribution is -0.135. The van der Waals surface area contributed by atoms with Gasteiger partial charge in [0, 0.05) is 5.56 Å². The number of amides is 2. The Balaban J connectivity index is 1.41. The number of nitrogens with one attached hydrogen (secondary N) is 1. The summed E-state index contributed by atoms with van der Waals surface area (Å²) in [4.78, 5) is 40.0. The number of esters is 1. The summed E-state index contributed by atoms with van der Waals surface area (Å²) in [6.45, 7) is 3.37. The molecule has 9 heteroatoms. The summed E-state index contributed by atoms with van der Waals surface area (Å²) >= 11 is 0.968. The third kappa shape index (κ3) is 4.72. The molecule has 32 heavy (non-hydrogen) atoms. The minimum atomic E-state index is -0.683. The van der Waals surface area contributed by atoms with Crippen molar-refractivity contribution in [3.05, 3.63) is 71.4 Å². The fourth-order valence-corrected chi connectivity index (χ4v) is 4.14. The van der Waals surface area contributed by atoms with E-state index in [2.05, 4.69) is 10.3 Å². The number of imide groups is 1. The van der Waals surface area contributed by atoms with Gasteiger partial charge in [-0.15, -0.1) is 0 Å². The summed E-state index contributed by atoms with van der Waals surface area (Å²) in [5.41, 5.74) is 1.89. The van der Waals surface area contributed by atoms with E-state index in [1.165, 1.54) is 12.1 Å². The maximum absolute atomic E-state index is 13.1. The number of aromatic nitrogens is 1. The number of carbonyl (C=O) groups excluding carboxylic acids is 3. The molecule has 2 atom stereocenters. The second kappa shape index (κ2) is 8.96. The van der Waals surface area contributed by atoms with Crippen molar-refractivity contribution >= 4 is 28.9 Å². The Morgan fingerprint density at radius 3 is 2.50 bits per heavy atom. The third-order valence-electron chi connectivity index (χ3n) is 5.02. The molecule has 1 fully saturated rings. The molecule has 164 valence electrons. The van der Waals surface area contributed by atoms with Crippen LogP contribution in [0.1, 0.15) is 29.9 Å². The lowest BCUT2D eigenvalue weighted by Gasteiger charge is -2.10. The number of ether oxygens (including phenoxy) is 1. The normalized spacial score (nSPS) is 16.7. The van der Waals surface area contributed by atoms with Crippen LogP contribution < -0.4 is 10.1 Å². The summed E-state index contributed by atoms with van der Waals surface area (Å²) in [6.07, 6.45) is 0.400. The lowest BCUT2D eigenvalue weighted by atomic mass is 10.1.